The maximum atomic E-state index is 13.3. The lowest BCUT2D eigenvalue weighted by molar-refractivity contribution is 0.0642. The first-order valence-corrected chi connectivity index (χ1v) is 7.46. The molecule has 1 aromatic rings. The monoisotopic (exact) mass is 295 g/mol. The molecule has 0 unspecified atom stereocenters. The summed E-state index contributed by atoms with van der Waals surface area (Å²) in [5, 5.41) is 5.92. The Balaban J connectivity index is 1.97. The molecule has 21 heavy (non-hydrogen) atoms. The largest absolute Gasteiger partial charge is 0.381 e. The molecule has 0 aromatic carbocycles. The number of aromatic nitrogens is 1. The van der Waals surface area contributed by atoms with Gasteiger partial charge < -0.3 is 15.4 Å². The number of hydrogen-bond acceptors (Lipinski definition) is 4. The second-order valence-corrected chi connectivity index (χ2v) is 5.24. The number of pyridine rings is 1. The first-order chi connectivity index (χ1) is 10.2. The number of nitrogens with zero attached hydrogens (tertiary/aromatic N) is 1. The Morgan fingerprint density at radius 2 is 2.24 bits per heavy atom. The highest BCUT2D eigenvalue weighted by atomic mass is 19.1. The summed E-state index contributed by atoms with van der Waals surface area (Å²) >= 11 is 0. The fourth-order valence-corrected chi connectivity index (χ4v) is 2.28. The van der Waals surface area contributed by atoms with Gasteiger partial charge in [0.05, 0.1) is 11.8 Å². The molecular weight excluding hydrogens is 273 g/mol. The van der Waals surface area contributed by atoms with Gasteiger partial charge in [-0.3, -0.25) is 4.79 Å². The van der Waals surface area contributed by atoms with Crippen molar-refractivity contribution in [2.24, 2.45) is 5.92 Å². The van der Waals surface area contributed by atoms with E-state index in [4.69, 9.17) is 4.74 Å². The zero-order chi connectivity index (χ0) is 15.1. The number of amides is 1. The molecule has 1 aliphatic rings. The maximum absolute atomic E-state index is 13.3. The summed E-state index contributed by atoms with van der Waals surface area (Å²) in [4.78, 5) is 16.2. The van der Waals surface area contributed by atoms with E-state index >= 15 is 0 Å². The minimum absolute atomic E-state index is 0.260. The fourth-order valence-electron chi connectivity index (χ4n) is 2.28. The lowest BCUT2D eigenvalue weighted by atomic mass is 10.0. The summed E-state index contributed by atoms with van der Waals surface area (Å²) in [6, 6.07) is 1.23. The van der Waals surface area contributed by atoms with Crippen LogP contribution in [0, 0.1) is 11.7 Å². The summed E-state index contributed by atoms with van der Waals surface area (Å²) in [5.74, 6) is 0.0688. The van der Waals surface area contributed by atoms with E-state index in [1.54, 1.807) is 0 Å². The van der Waals surface area contributed by atoms with Crippen LogP contribution in [0.5, 0.6) is 0 Å². The second kappa shape index (κ2) is 7.93. The van der Waals surface area contributed by atoms with Crippen molar-refractivity contribution >= 4 is 11.7 Å². The predicted molar refractivity (Wildman–Crippen MR) is 78.9 cm³/mol. The van der Waals surface area contributed by atoms with Crippen molar-refractivity contribution in [1.82, 2.24) is 10.3 Å². The molecule has 2 N–H and O–H groups in total. The molecule has 6 heteroatoms. The third-order valence-electron chi connectivity index (χ3n) is 3.53. The van der Waals surface area contributed by atoms with E-state index in [2.05, 4.69) is 15.6 Å². The van der Waals surface area contributed by atoms with Crippen LogP contribution in [0.3, 0.4) is 0 Å². The van der Waals surface area contributed by atoms with Gasteiger partial charge in [0.2, 0.25) is 0 Å². The molecule has 1 aliphatic heterocycles. The van der Waals surface area contributed by atoms with Crippen molar-refractivity contribution in [3.8, 4) is 0 Å². The first-order valence-electron chi connectivity index (χ1n) is 7.46. The summed E-state index contributed by atoms with van der Waals surface area (Å²) < 4.78 is 18.6. The second-order valence-electron chi connectivity index (χ2n) is 5.24. The lowest BCUT2D eigenvalue weighted by Gasteiger charge is -2.22. The van der Waals surface area contributed by atoms with Crippen LogP contribution in [0.1, 0.15) is 36.5 Å². The number of carbonyl (C=O) groups is 1. The number of anilines is 1. The summed E-state index contributed by atoms with van der Waals surface area (Å²) in [6.45, 7) is 4.78. The Morgan fingerprint density at radius 3 is 2.95 bits per heavy atom. The third kappa shape index (κ3) is 4.67. The summed E-state index contributed by atoms with van der Waals surface area (Å²) in [5.41, 5.74) is 0.260. The first kappa shape index (κ1) is 15.7. The molecule has 0 bridgehead atoms. The Morgan fingerprint density at radius 1 is 1.48 bits per heavy atom. The van der Waals surface area contributed by atoms with Gasteiger partial charge in [0.25, 0.3) is 5.91 Å². The van der Waals surface area contributed by atoms with Crippen LogP contribution in [0.2, 0.25) is 0 Å². The van der Waals surface area contributed by atoms with E-state index in [-0.39, 0.29) is 11.5 Å². The molecule has 0 aliphatic carbocycles. The van der Waals surface area contributed by atoms with Gasteiger partial charge in [-0.2, -0.15) is 0 Å². The van der Waals surface area contributed by atoms with Crippen LogP contribution >= 0.6 is 0 Å². The summed E-state index contributed by atoms with van der Waals surface area (Å²) in [6.07, 6.45) is 3.92. The van der Waals surface area contributed by atoms with Gasteiger partial charge in [-0.25, -0.2) is 9.37 Å². The Labute approximate surface area is 124 Å². The average Bonchev–Trinajstić information content (AvgIpc) is 2.52. The van der Waals surface area contributed by atoms with Gasteiger partial charge in [0.1, 0.15) is 11.6 Å². The van der Waals surface area contributed by atoms with E-state index < -0.39 is 5.82 Å². The highest BCUT2D eigenvalue weighted by Crippen LogP contribution is 2.16. The van der Waals surface area contributed by atoms with E-state index in [0.717, 1.165) is 38.7 Å². The van der Waals surface area contributed by atoms with Crippen molar-refractivity contribution < 1.29 is 13.9 Å². The Bertz CT molecular complexity index is 476. The van der Waals surface area contributed by atoms with Crippen LogP contribution in [0.25, 0.3) is 0 Å². The van der Waals surface area contributed by atoms with Crippen LogP contribution in [-0.2, 0) is 4.74 Å². The molecule has 1 amide bonds. The lowest BCUT2D eigenvalue weighted by Crippen LogP contribution is -2.32. The van der Waals surface area contributed by atoms with Crippen molar-refractivity contribution in [3.05, 3.63) is 23.6 Å². The maximum Gasteiger partial charge on any atom is 0.255 e. The number of nitrogens with one attached hydrogen (secondary N) is 2. The standard InChI is InChI=1S/C15H22FN3O2/c1-2-5-17-14-13(8-12(16)10-18-14)15(20)19-9-11-3-6-21-7-4-11/h8,10-11H,2-7,9H2,1H3,(H,17,18)(H,19,20). The zero-order valence-corrected chi connectivity index (χ0v) is 12.3. The van der Waals surface area contributed by atoms with Crippen LogP contribution < -0.4 is 10.6 Å². The molecule has 5 nitrogen and oxygen atoms in total. The minimum atomic E-state index is -0.506. The zero-order valence-electron chi connectivity index (χ0n) is 12.3. The number of rotatable bonds is 6. The predicted octanol–water partition coefficient (Wildman–Crippen LogP) is 2.20. The molecule has 1 fully saturated rings. The van der Waals surface area contributed by atoms with E-state index in [1.807, 2.05) is 6.92 Å². The molecule has 0 radical (unpaired) electrons. The summed E-state index contributed by atoms with van der Waals surface area (Å²) in [7, 11) is 0. The van der Waals surface area contributed by atoms with Gasteiger partial charge in [0, 0.05) is 26.3 Å². The van der Waals surface area contributed by atoms with Crippen LogP contribution in [0.15, 0.2) is 12.3 Å². The molecule has 0 saturated carbocycles. The smallest absolute Gasteiger partial charge is 0.255 e. The SMILES string of the molecule is CCCNc1ncc(F)cc1C(=O)NCC1CCOCC1. The fraction of sp³-hybridized carbons (Fsp3) is 0.600. The van der Waals surface area contributed by atoms with Crippen LogP contribution in [0.4, 0.5) is 10.2 Å². The average molecular weight is 295 g/mol. The Hall–Kier alpha value is -1.69. The quantitative estimate of drug-likeness (QED) is 0.844. The minimum Gasteiger partial charge on any atom is -0.381 e. The third-order valence-corrected chi connectivity index (χ3v) is 3.53. The van der Waals surface area contributed by atoms with Gasteiger partial charge in [-0.15, -0.1) is 0 Å². The molecule has 1 saturated heterocycles. The molecule has 116 valence electrons. The van der Waals surface area contributed by atoms with Crippen LogP contribution in [-0.4, -0.2) is 37.2 Å². The normalized spacial score (nSPS) is 15.7. The van der Waals surface area contributed by atoms with Gasteiger partial charge in [-0.1, -0.05) is 6.92 Å². The number of halogens is 1. The topological polar surface area (TPSA) is 63.2 Å². The van der Waals surface area contributed by atoms with Crippen molar-refractivity contribution in [2.45, 2.75) is 26.2 Å². The van der Waals surface area contributed by atoms with Gasteiger partial charge in [-0.05, 0) is 31.2 Å². The highest BCUT2D eigenvalue weighted by Gasteiger charge is 2.18. The molecule has 0 atom stereocenters. The highest BCUT2D eigenvalue weighted by molar-refractivity contribution is 5.98. The molecule has 0 spiro atoms. The number of hydrogen-bond donors (Lipinski definition) is 2. The van der Waals surface area contributed by atoms with E-state index in [0.29, 0.717) is 24.8 Å². The molecule has 2 rings (SSSR count). The van der Waals surface area contributed by atoms with Crippen molar-refractivity contribution in [2.75, 3.05) is 31.6 Å². The van der Waals surface area contributed by atoms with E-state index in [9.17, 15) is 9.18 Å². The number of ether oxygens (including phenoxy) is 1. The molecular formula is C15H22FN3O2. The van der Waals surface area contributed by atoms with Crippen molar-refractivity contribution in [3.63, 3.8) is 0 Å². The molecule has 1 aromatic heterocycles. The van der Waals surface area contributed by atoms with E-state index in [1.165, 1.54) is 6.07 Å². The Kier molecular flexibility index (Phi) is 5.92. The van der Waals surface area contributed by atoms with Gasteiger partial charge >= 0.3 is 0 Å². The number of carbonyl (C=O) groups excluding carboxylic acids is 1. The van der Waals surface area contributed by atoms with Gasteiger partial charge in [0.15, 0.2) is 0 Å². The molecule has 2 heterocycles. The van der Waals surface area contributed by atoms with Crippen molar-refractivity contribution in [1.29, 1.82) is 0 Å².